The summed E-state index contributed by atoms with van der Waals surface area (Å²) >= 11 is 0. The van der Waals surface area contributed by atoms with Crippen LogP contribution in [-0.4, -0.2) is 15.5 Å². The number of nitrogens with zero attached hydrogens (tertiary/aromatic N) is 3. The van der Waals surface area contributed by atoms with E-state index in [0.29, 0.717) is 12.5 Å². The summed E-state index contributed by atoms with van der Waals surface area (Å²) in [6.07, 6.45) is 5.55. The Morgan fingerprint density at radius 2 is 1.96 bits per heavy atom. The maximum absolute atomic E-state index is 5.95. The molecule has 3 N–H and O–H groups in total. The minimum Gasteiger partial charge on any atom is -0.370 e. The third-order valence-electron chi connectivity index (χ3n) is 3.67. The highest BCUT2D eigenvalue weighted by molar-refractivity contribution is 5.92. The van der Waals surface area contributed by atoms with Crippen molar-refractivity contribution in [3.63, 3.8) is 0 Å². The molecule has 3 aromatic rings. The molecule has 0 fully saturated rings. The summed E-state index contributed by atoms with van der Waals surface area (Å²) in [6.45, 7) is 3.42. The number of aryl methyl sites for hydroxylation is 1. The van der Waals surface area contributed by atoms with Crippen molar-refractivity contribution in [2.24, 2.45) is 10.7 Å². The van der Waals surface area contributed by atoms with Gasteiger partial charge in [-0.15, -0.1) is 0 Å². The Labute approximate surface area is 141 Å². The molecule has 122 valence electrons. The summed E-state index contributed by atoms with van der Waals surface area (Å²) in [5.41, 5.74) is 10.4. The smallest absolute Gasteiger partial charge is 0.193 e. The lowest BCUT2D eigenvalue weighted by Crippen LogP contribution is -2.22. The predicted octanol–water partition coefficient (Wildman–Crippen LogP) is 3.17. The van der Waals surface area contributed by atoms with Gasteiger partial charge in [0.15, 0.2) is 5.96 Å². The third-order valence-corrected chi connectivity index (χ3v) is 3.67. The highest BCUT2D eigenvalue weighted by Gasteiger charge is 1.98. The van der Waals surface area contributed by atoms with Crippen LogP contribution in [0.25, 0.3) is 0 Å². The average Bonchev–Trinajstić information content (AvgIpc) is 3.07. The van der Waals surface area contributed by atoms with Crippen LogP contribution in [0.15, 0.2) is 72.2 Å². The van der Waals surface area contributed by atoms with Gasteiger partial charge < -0.3 is 15.6 Å². The normalized spacial score (nSPS) is 11.5. The number of nitrogens with two attached hydrogens (primary N) is 1. The molecule has 1 heterocycles. The van der Waals surface area contributed by atoms with Gasteiger partial charge >= 0.3 is 0 Å². The SMILES string of the molecule is Cc1cccc(NC(N)=NCc2ccc(Cn3ccnc3)cc2)c1. The molecule has 0 atom stereocenters. The van der Waals surface area contributed by atoms with Crippen molar-refractivity contribution < 1.29 is 0 Å². The zero-order valence-electron chi connectivity index (χ0n) is 13.7. The Balaban J connectivity index is 1.57. The van der Waals surface area contributed by atoms with Crippen molar-refractivity contribution in [1.29, 1.82) is 0 Å². The summed E-state index contributed by atoms with van der Waals surface area (Å²) < 4.78 is 2.04. The molecule has 0 unspecified atom stereocenters. The molecule has 0 aliphatic heterocycles. The number of nitrogens with one attached hydrogen (secondary N) is 1. The standard InChI is InChI=1S/C19H21N5/c1-15-3-2-4-18(11-15)23-19(20)22-12-16-5-7-17(8-6-16)13-24-10-9-21-14-24/h2-11,14H,12-13H2,1H3,(H3,20,22,23). The molecule has 0 aliphatic carbocycles. The van der Waals surface area contributed by atoms with Gasteiger partial charge in [-0.25, -0.2) is 9.98 Å². The van der Waals surface area contributed by atoms with Gasteiger partial charge in [0.25, 0.3) is 0 Å². The van der Waals surface area contributed by atoms with Crippen molar-refractivity contribution in [1.82, 2.24) is 9.55 Å². The number of rotatable bonds is 5. The molecular weight excluding hydrogens is 298 g/mol. The first-order chi connectivity index (χ1) is 11.7. The summed E-state index contributed by atoms with van der Waals surface area (Å²) in [4.78, 5) is 8.44. The van der Waals surface area contributed by atoms with E-state index < -0.39 is 0 Å². The number of guanidine groups is 1. The fraction of sp³-hybridized carbons (Fsp3) is 0.158. The zero-order chi connectivity index (χ0) is 16.8. The van der Waals surface area contributed by atoms with Crippen LogP contribution >= 0.6 is 0 Å². The molecule has 3 rings (SSSR count). The lowest BCUT2D eigenvalue weighted by atomic mass is 10.1. The molecule has 0 saturated heterocycles. The molecule has 0 aliphatic rings. The number of hydrogen-bond donors (Lipinski definition) is 2. The number of benzene rings is 2. The quantitative estimate of drug-likeness (QED) is 0.560. The summed E-state index contributed by atoms with van der Waals surface area (Å²) in [6, 6.07) is 16.4. The van der Waals surface area contributed by atoms with E-state index in [9.17, 15) is 0 Å². The third kappa shape index (κ3) is 4.46. The number of aromatic nitrogens is 2. The molecule has 0 saturated carbocycles. The highest BCUT2D eigenvalue weighted by atomic mass is 15.1. The van der Waals surface area contributed by atoms with Crippen molar-refractivity contribution >= 4 is 11.6 Å². The number of hydrogen-bond acceptors (Lipinski definition) is 2. The van der Waals surface area contributed by atoms with Crippen LogP contribution in [0.2, 0.25) is 0 Å². The maximum atomic E-state index is 5.95. The Morgan fingerprint density at radius 3 is 2.67 bits per heavy atom. The number of aliphatic imine (C=N–C) groups is 1. The molecule has 0 radical (unpaired) electrons. The van der Waals surface area contributed by atoms with Crippen molar-refractivity contribution in [3.05, 3.63) is 83.9 Å². The van der Waals surface area contributed by atoms with Gasteiger partial charge in [0, 0.05) is 24.6 Å². The fourth-order valence-electron chi connectivity index (χ4n) is 2.43. The Bertz CT molecular complexity index is 804. The Kier molecular flexibility index (Phi) is 4.91. The maximum Gasteiger partial charge on any atom is 0.193 e. The molecule has 0 bridgehead atoms. The minimum absolute atomic E-state index is 0.420. The van der Waals surface area contributed by atoms with E-state index in [1.54, 1.807) is 6.20 Å². The average molecular weight is 319 g/mol. The predicted molar refractivity (Wildman–Crippen MR) is 97.9 cm³/mol. The first-order valence-corrected chi connectivity index (χ1v) is 7.86. The summed E-state index contributed by atoms with van der Waals surface area (Å²) in [5.74, 6) is 0.420. The van der Waals surface area contributed by atoms with Crippen molar-refractivity contribution in [2.75, 3.05) is 5.32 Å². The van der Waals surface area contributed by atoms with Crippen LogP contribution in [-0.2, 0) is 13.1 Å². The highest BCUT2D eigenvalue weighted by Crippen LogP contribution is 2.10. The van der Waals surface area contributed by atoms with Crippen LogP contribution < -0.4 is 11.1 Å². The van der Waals surface area contributed by atoms with Crippen LogP contribution in [0.3, 0.4) is 0 Å². The molecule has 24 heavy (non-hydrogen) atoms. The van der Waals surface area contributed by atoms with Gasteiger partial charge in [-0.2, -0.15) is 0 Å². The van der Waals surface area contributed by atoms with E-state index in [-0.39, 0.29) is 0 Å². The molecule has 5 nitrogen and oxygen atoms in total. The Hall–Kier alpha value is -3.08. The van der Waals surface area contributed by atoms with E-state index in [1.165, 1.54) is 11.1 Å². The second-order valence-electron chi connectivity index (χ2n) is 5.75. The first kappa shape index (κ1) is 15.8. The van der Waals surface area contributed by atoms with Gasteiger partial charge in [-0.1, -0.05) is 36.4 Å². The minimum atomic E-state index is 0.420. The second kappa shape index (κ2) is 7.46. The summed E-state index contributed by atoms with van der Waals surface area (Å²) in [7, 11) is 0. The monoisotopic (exact) mass is 319 g/mol. The van der Waals surface area contributed by atoms with E-state index in [1.807, 2.05) is 48.3 Å². The molecule has 1 aromatic heterocycles. The summed E-state index contributed by atoms with van der Waals surface area (Å²) in [5, 5.41) is 3.11. The molecule has 5 heteroatoms. The van der Waals surface area contributed by atoms with E-state index in [4.69, 9.17) is 5.73 Å². The fourth-order valence-corrected chi connectivity index (χ4v) is 2.43. The van der Waals surface area contributed by atoms with Crippen LogP contribution in [0.4, 0.5) is 5.69 Å². The van der Waals surface area contributed by atoms with E-state index >= 15 is 0 Å². The largest absolute Gasteiger partial charge is 0.370 e. The molecule has 0 spiro atoms. The van der Waals surface area contributed by atoms with Gasteiger partial charge in [-0.05, 0) is 35.7 Å². The van der Waals surface area contributed by atoms with Gasteiger partial charge in [0.2, 0.25) is 0 Å². The van der Waals surface area contributed by atoms with E-state index in [2.05, 4.69) is 39.6 Å². The zero-order valence-corrected chi connectivity index (χ0v) is 13.7. The lowest BCUT2D eigenvalue weighted by Gasteiger charge is -2.07. The first-order valence-electron chi connectivity index (χ1n) is 7.86. The van der Waals surface area contributed by atoms with E-state index in [0.717, 1.165) is 17.8 Å². The lowest BCUT2D eigenvalue weighted by molar-refractivity contribution is 0.796. The molecule has 0 amide bonds. The van der Waals surface area contributed by atoms with Crippen molar-refractivity contribution in [2.45, 2.75) is 20.0 Å². The van der Waals surface area contributed by atoms with Crippen LogP contribution in [0.5, 0.6) is 0 Å². The van der Waals surface area contributed by atoms with Gasteiger partial charge in [0.1, 0.15) is 0 Å². The van der Waals surface area contributed by atoms with Crippen LogP contribution in [0.1, 0.15) is 16.7 Å². The van der Waals surface area contributed by atoms with Crippen LogP contribution in [0, 0.1) is 6.92 Å². The van der Waals surface area contributed by atoms with Gasteiger partial charge in [-0.3, -0.25) is 0 Å². The number of anilines is 1. The molecular formula is C19H21N5. The van der Waals surface area contributed by atoms with Gasteiger partial charge in [0.05, 0.1) is 12.9 Å². The Morgan fingerprint density at radius 1 is 1.17 bits per heavy atom. The van der Waals surface area contributed by atoms with Crippen molar-refractivity contribution in [3.8, 4) is 0 Å². The topological polar surface area (TPSA) is 68.2 Å². The second-order valence-corrected chi connectivity index (χ2v) is 5.75. The molecule has 2 aromatic carbocycles. The number of imidazole rings is 1.